The van der Waals surface area contributed by atoms with Crippen molar-refractivity contribution in [3.8, 4) is 0 Å². The van der Waals surface area contributed by atoms with Crippen LogP contribution in [0.1, 0.15) is 5.56 Å². The van der Waals surface area contributed by atoms with Crippen molar-refractivity contribution in [3.05, 3.63) is 27.9 Å². The van der Waals surface area contributed by atoms with Crippen LogP contribution in [0.15, 0.2) is 12.3 Å². The number of aromatic nitrogens is 1. The van der Waals surface area contributed by atoms with E-state index in [1.807, 2.05) is 5.43 Å². The zero-order valence-corrected chi connectivity index (χ0v) is 8.36. The van der Waals surface area contributed by atoms with Gasteiger partial charge >= 0.3 is 0 Å². The molecule has 0 aliphatic heterocycles. The number of carbonyl (C=O) groups is 1. The summed E-state index contributed by atoms with van der Waals surface area (Å²) >= 11 is 0. The van der Waals surface area contributed by atoms with Gasteiger partial charge in [-0.3, -0.25) is 25.8 Å². The van der Waals surface area contributed by atoms with Crippen molar-refractivity contribution < 1.29 is 14.1 Å². The number of hydrazine groups is 1. The monoisotopic (exact) mass is 228 g/mol. The van der Waals surface area contributed by atoms with E-state index in [0.717, 1.165) is 6.20 Å². The van der Waals surface area contributed by atoms with Crippen LogP contribution in [-0.4, -0.2) is 22.5 Å². The molecule has 0 aliphatic rings. The first-order valence-electron chi connectivity index (χ1n) is 4.26. The zero-order chi connectivity index (χ0) is 12.1. The van der Waals surface area contributed by atoms with Gasteiger partial charge in [-0.2, -0.15) is 0 Å². The number of halogens is 1. The number of nitrogens with one attached hydrogen (secondary N) is 2. The molecule has 8 heteroatoms. The molecular formula is C8H9FN4O3. The lowest BCUT2D eigenvalue weighted by Crippen LogP contribution is -2.31. The molecule has 0 unspecified atom stereocenters. The van der Waals surface area contributed by atoms with Gasteiger partial charge in [0.05, 0.1) is 4.92 Å². The lowest BCUT2D eigenvalue weighted by atomic mass is 10.3. The largest absolute Gasteiger partial charge is 0.287 e. The summed E-state index contributed by atoms with van der Waals surface area (Å²) < 4.78 is 11.8. The third kappa shape index (κ3) is 2.87. The first-order chi connectivity index (χ1) is 7.54. The Bertz CT molecular complexity index is 424. The molecule has 0 bridgehead atoms. The molecule has 7 nitrogen and oxygen atoms in total. The van der Waals surface area contributed by atoms with Gasteiger partial charge in [-0.1, -0.05) is 0 Å². The number of alkyl halides is 1. The Morgan fingerprint density at radius 3 is 2.88 bits per heavy atom. The van der Waals surface area contributed by atoms with E-state index in [9.17, 15) is 19.3 Å². The van der Waals surface area contributed by atoms with E-state index in [0.29, 0.717) is 5.56 Å². The maximum absolute atomic E-state index is 11.8. The Balaban J connectivity index is 2.75. The lowest BCUT2D eigenvalue weighted by Gasteiger charge is -2.07. The van der Waals surface area contributed by atoms with Crippen molar-refractivity contribution in [3.63, 3.8) is 0 Å². The maximum atomic E-state index is 11.8. The lowest BCUT2D eigenvalue weighted by molar-refractivity contribution is -0.385. The molecule has 1 aromatic rings. The number of pyridine rings is 1. The summed E-state index contributed by atoms with van der Waals surface area (Å²) in [6.07, 6.45) is 1.04. The third-order valence-corrected chi connectivity index (χ3v) is 1.72. The van der Waals surface area contributed by atoms with E-state index < -0.39 is 17.5 Å². The second-order valence-electron chi connectivity index (χ2n) is 2.92. The Morgan fingerprint density at radius 1 is 1.69 bits per heavy atom. The number of carbonyl (C=O) groups excluding carboxylic acids is 1. The molecule has 0 spiro atoms. The Hall–Kier alpha value is -2.25. The normalized spacial score (nSPS) is 9.62. The molecule has 0 saturated heterocycles. The van der Waals surface area contributed by atoms with Crippen molar-refractivity contribution in [1.29, 1.82) is 0 Å². The molecule has 1 amide bonds. The minimum Gasteiger partial charge on any atom is -0.282 e. The fraction of sp³-hybridized carbons (Fsp3) is 0.250. The van der Waals surface area contributed by atoms with Crippen LogP contribution in [-0.2, 0) is 4.79 Å². The SMILES string of the molecule is Cc1cc([N+](=O)[O-])cnc1NNC(=O)CF. The van der Waals surface area contributed by atoms with Gasteiger partial charge in [0, 0.05) is 6.07 Å². The van der Waals surface area contributed by atoms with E-state index in [-0.39, 0.29) is 11.5 Å². The number of rotatable bonds is 4. The molecule has 0 fully saturated rings. The Labute approximate surface area is 89.8 Å². The predicted octanol–water partition coefficient (Wildman–Crippen LogP) is 0.711. The third-order valence-electron chi connectivity index (χ3n) is 1.72. The highest BCUT2D eigenvalue weighted by atomic mass is 19.1. The molecule has 0 aromatic carbocycles. The molecule has 1 heterocycles. The van der Waals surface area contributed by atoms with Gasteiger partial charge in [0.1, 0.15) is 12.0 Å². The number of nitro groups is 1. The van der Waals surface area contributed by atoms with Crippen LogP contribution >= 0.6 is 0 Å². The van der Waals surface area contributed by atoms with E-state index in [1.165, 1.54) is 6.07 Å². The van der Waals surface area contributed by atoms with Crippen LogP contribution in [0.3, 0.4) is 0 Å². The van der Waals surface area contributed by atoms with Gasteiger partial charge in [0.15, 0.2) is 6.67 Å². The van der Waals surface area contributed by atoms with Crippen molar-refractivity contribution in [2.45, 2.75) is 6.92 Å². The van der Waals surface area contributed by atoms with Gasteiger partial charge in [-0.15, -0.1) is 0 Å². The summed E-state index contributed by atoms with van der Waals surface area (Å²) in [5, 5.41) is 10.4. The molecule has 16 heavy (non-hydrogen) atoms. The van der Waals surface area contributed by atoms with Gasteiger partial charge in [0.2, 0.25) is 0 Å². The molecule has 0 aliphatic carbocycles. The van der Waals surface area contributed by atoms with E-state index >= 15 is 0 Å². The van der Waals surface area contributed by atoms with Crippen LogP contribution in [0.5, 0.6) is 0 Å². The summed E-state index contributed by atoms with van der Waals surface area (Å²) in [5.74, 6) is -0.619. The maximum Gasteiger partial charge on any atom is 0.287 e. The van der Waals surface area contributed by atoms with E-state index in [4.69, 9.17) is 0 Å². The average Bonchev–Trinajstić information content (AvgIpc) is 2.26. The molecule has 86 valence electrons. The van der Waals surface area contributed by atoms with Crippen LogP contribution in [0, 0.1) is 17.0 Å². The quantitative estimate of drug-likeness (QED) is 0.584. The second kappa shape index (κ2) is 5.01. The standard InChI is InChI=1S/C8H9FN4O3/c1-5-2-6(13(15)16)4-10-8(5)12-11-7(14)3-9/h2,4H,3H2,1H3,(H,10,12)(H,11,14). The molecule has 1 aromatic heterocycles. The minimum absolute atomic E-state index is 0.153. The molecular weight excluding hydrogens is 219 g/mol. The minimum atomic E-state index is -1.15. The average molecular weight is 228 g/mol. The van der Waals surface area contributed by atoms with Crippen molar-refractivity contribution in [1.82, 2.24) is 10.4 Å². The summed E-state index contributed by atoms with van der Waals surface area (Å²) in [6, 6.07) is 1.29. The highest BCUT2D eigenvalue weighted by Crippen LogP contribution is 2.16. The summed E-state index contributed by atoms with van der Waals surface area (Å²) in [5.41, 5.74) is 4.71. The number of hydrogen-bond acceptors (Lipinski definition) is 5. The van der Waals surface area contributed by atoms with Crippen molar-refractivity contribution >= 4 is 17.4 Å². The number of amides is 1. The molecule has 0 radical (unpaired) electrons. The molecule has 0 atom stereocenters. The van der Waals surface area contributed by atoms with Crippen molar-refractivity contribution in [2.24, 2.45) is 0 Å². The Morgan fingerprint density at radius 2 is 2.38 bits per heavy atom. The van der Waals surface area contributed by atoms with Gasteiger partial charge in [-0.25, -0.2) is 9.37 Å². The number of aryl methyl sites for hydroxylation is 1. The zero-order valence-electron chi connectivity index (χ0n) is 8.36. The number of anilines is 1. The summed E-state index contributed by atoms with van der Waals surface area (Å²) in [4.78, 5) is 24.1. The topological polar surface area (TPSA) is 97.2 Å². The summed E-state index contributed by atoms with van der Waals surface area (Å²) in [6.45, 7) is 0.420. The Kier molecular flexibility index (Phi) is 3.70. The van der Waals surface area contributed by atoms with Crippen LogP contribution in [0.4, 0.5) is 15.9 Å². The number of hydrogen-bond donors (Lipinski definition) is 2. The fourth-order valence-corrected chi connectivity index (χ4v) is 0.953. The summed E-state index contributed by atoms with van der Waals surface area (Å²) in [7, 11) is 0. The number of nitrogens with zero attached hydrogens (tertiary/aromatic N) is 2. The van der Waals surface area contributed by atoms with Crippen LogP contribution in [0.25, 0.3) is 0 Å². The van der Waals surface area contributed by atoms with E-state index in [2.05, 4.69) is 10.4 Å². The highest BCUT2D eigenvalue weighted by Gasteiger charge is 2.09. The van der Waals surface area contributed by atoms with Crippen LogP contribution < -0.4 is 10.9 Å². The first-order valence-corrected chi connectivity index (χ1v) is 4.26. The second-order valence-corrected chi connectivity index (χ2v) is 2.92. The molecule has 2 N–H and O–H groups in total. The van der Waals surface area contributed by atoms with Crippen molar-refractivity contribution in [2.75, 3.05) is 12.1 Å². The van der Waals surface area contributed by atoms with Gasteiger partial charge in [0.25, 0.3) is 11.6 Å². The first kappa shape index (κ1) is 11.8. The highest BCUT2D eigenvalue weighted by molar-refractivity contribution is 5.78. The molecule has 1 rings (SSSR count). The molecule has 0 saturated carbocycles. The van der Waals surface area contributed by atoms with Crippen LogP contribution in [0.2, 0.25) is 0 Å². The fourth-order valence-electron chi connectivity index (χ4n) is 0.953. The smallest absolute Gasteiger partial charge is 0.282 e. The predicted molar refractivity (Wildman–Crippen MR) is 53.4 cm³/mol. The van der Waals surface area contributed by atoms with Gasteiger partial charge in [-0.05, 0) is 12.5 Å². The van der Waals surface area contributed by atoms with E-state index in [1.54, 1.807) is 6.92 Å². The van der Waals surface area contributed by atoms with Gasteiger partial charge < -0.3 is 0 Å².